The molecule has 1 aromatic heterocycles. The molecule has 0 aliphatic carbocycles. The van der Waals surface area contributed by atoms with Crippen LogP contribution in [0.1, 0.15) is 72.8 Å². The number of nitrogens with zero attached hydrogens (tertiary/aromatic N) is 2. The second kappa shape index (κ2) is 9.51. The first kappa shape index (κ1) is 20.1. The number of rotatable bonds is 6. The van der Waals surface area contributed by atoms with E-state index in [9.17, 15) is 4.79 Å². The van der Waals surface area contributed by atoms with Gasteiger partial charge < -0.3 is 5.32 Å². The van der Waals surface area contributed by atoms with E-state index in [-0.39, 0.29) is 11.8 Å². The Hall–Kier alpha value is -1.66. The van der Waals surface area contributed by atoms with Gasteiger partial charge >= 0.3 is 0 Å². The first-order chi connectivity index (χ1) is 13.0. The maximum Gasteiger partial charge on any atom is 0.273 e. The van der Waals surface area contributed by atoms with Crippen LogP contribution >= 0.6 is 15.9 Å². The van der Waals surface area contributed by atoms with E-state index in [1.807, 2.05) is 0 Å². The van der Waals surface area contributed by atoms with Gasteiger partial charge in [-0.15, -0.1) is 0 Å². The molecule has 0 spiro atoms. The van der Waals surface area contributed by atoms with Crippen molar-refractivity contribution in [3.05, 3.63) is 51.3 Å². The summed E-state index contributed by atoms with van der Waals surface area (Å²) >= 11 is 3.48. The molecule has 2 aromatic rings. The van der Waals surface area contributed by atoms with Crippen LogP contribution in [0, 0.1) is 0 Å². The van der Waals surface area contributed by atoms with Gasteiger partial charge in [-0.1, -0.05) is 51.0 Å². The van der Waals surface area contributed by atoms with E-state index in [2.05, 4.69) is 74.5 Å². The zero-order valence-electron chi connectivity index (χ0n) is 16.2. The number of H-pyrrole nitrogens is 1. The van der Waals surface area contributed by atoms with Crippen molar-refractivity contribution in [3.63, 3.8) is 0 Å². The molecule has 0 radical (unpaired) electrons. The summed E-state index contributed by atoms with van der Waals surface area (Å²) in [7, 11) is 0. The average molecular weight is 433 g/mol. The van der Waals surface area contributed by atoms with Crippen molar-refractivity contribution in [2.24, 2.45) is 0 Å². The van der Waals surface area contributed by atoms with Gasteiger partial charge in [0.05, 0.1) is 10.2 Å². The molecule has 6 heteroatoms. The van der Waals surface area contributed by atoms with Crippen molar-refractivity contribution < 1.29 is 4.79 Å². The largest absolute Gasteiger partial charge is 0.347 e. The molecule has 1 fully saturated rings. The summed E-state index contributed by atoms with van der Waals surface area (Å²) in [4.78, 5) is 15.0. The van der Waals surface area contributed by atoms with Crippen LogP contribution in [0.4, 0.5) is 0 Å². The highest BCUT2D eigenvalue weighted by Gasteiger charge is 2.19. The molecule has 1 aliphatic heterocycles. The Morgan fingerprint density at radius 3 is 2.37 bits per heavy atom. The second-order valence-corrected chi connectivity index (χ2v) is 8.44. The summed E-state index contributed by atoms with van der Waals surface area (Å²) < 4.78 is 0.753. The fourth-order valence-corrected chi connectivity index (χ4v) is 4.27. The average Bonchev–Trinajstić information content (AvgIpc) is 2.87. The standard InChI is InChI=1S/C21H29BrN4O/c1-15(2)19-18(22)20(25-24-19)21(27)23-13-16-7-9-17(10-8-16)14-26-11-5-3-4-6-12-26/h7-10,15H,3-6,11-14H2,1-2H3,(H,23,27)(H,24,25). The van der Waals surface area contributed by atoms with Crippen molar-refractivity contribution in [2.45, 2.75) is 58.5 Å². The van der Waals surface area contributed by atoms with Gasteiger partial charge in [0.1, 0.15) is 0 Å². The normalized spacial score (nSPS) is 15.7. The van der Waals surface area contributed by atoms with E-state index in [0.29, 0.717) is 12.2 Å². The first-order valence-corrected chi connectivity index (χ1v) is 10.7. The molecule has 2 N–H and O–H groups in total. The molecular formula is C21H29BrN4O. The van der Waals surface area contributed by atoms with E-state index in [1.165, 1.54) is 44.3 Å². The van der Waals surface area contributed by atoms with E-state index in [4.69, 9.17) is 0 Å². The van der Waals surface area contributed by atoms with Crippen molar-refractivity contribution >= 4 is 21.8 Å². The molecule has 0 saturated carbocycles. The van der Waals surface area contributed by atoms with Gasteiger partial charge in [0, 0.05) is 13.1 Å². The highest BCUT2D eigenvalue weighted by Crippen LogP contribution is 2.25. The number of likely N-dealkylation sites (tertiary alicyclic amines) is 1. The van der Waals surface area contributed by atoms with Crippen LogP contribution in [0.15, 0.2) is 28.7 Å². The number of hydrogen-bond acceptors (Lipinski definition) is 3. The summed E-state index contributed by atoms with van der Waals surface area (Å²) in [5.74, 6) is 0.115. The van der Waals surface area contributed by atoms with Gasteiger partial charge in [0.25, 0.3) is 5.91 Å². The highest BCUT2D eigenvalue weighted by atomic mass is 79.9. The Labute approximate surface area is 170 Å². The Balaban J connectivity index is 1.53. The maximum atomic E-state index is 12.4. The molecule has 2 heterocycles. The number of amides is 1. The molecule has 3 rings (SSSR count). The minimum Gasteiger partial charge on any atom is -0.347 e. The number of aromatic nitrogens is 2. The zero-order valence-corrected chi connectivity index (χ0v) is 17.8. The molecule has 5 nitrogen and oxygen atoms in total. The lowest BCUT2D eigenvalue weighted by atomic mass is 10.1. The Kier molecular flexibility index (Phi) is 7.07. The number of carbonyl (C=O) groups is 1. The molecule has 1 aromatic carbocycles. The summed E-state index contributed by atoms with van der Waals surface area (Å²) in [5.41, 5.74) is 3.79. The zero-order chi connectivity index (χ0) is 19.2. The highest BCUT2D eigenvalue weighted by molar-refractivity contribution is 9.10. The molecule has 0 atom stereocenters. The van der Waals surface area contributed by atoms with Gasteiger partial charge in [-0.2, -0.15) is 5.10 Å². The fraction of sp³-hybridized carbons (Fsp3) is 0.524. The predicted octanol–water partition coefficient (Wildman–Crippen LogP) is 4.60. The minimum absolute atomic E-state index is 0.168. The molecule has 27 heavy (non-hydrogen) atoms. The number of carbonyl (C=O) groups excluding carboxylic acids is 1. The molecule has 1 amide bonds. The monoisotopic (exact) mass is 432 g/mol. The van der Waals surface area contributed by atoms with Crippen LogP contribution in [0.5, 0.6) is 0 Å². The van der Waals surface area contributed by atoms with Crippen LogP contribution in [-0.4, -0.2) is 34.1 Å². The minimum atomic E-state index is -0.168. The molecule has 146 valence electrons. The molecule has 0 bridgehead atoms. The van der Waals surface area contributed by atoms with E-state index in [1.54, 1.807) is 0 Å². The van der Waals surface area contributed by atoms with Crippen molar-refractivity contribution in [3.8, 4) is 0 Å². The number of hydrogen-bond donors (Lipinski definition) is 2. The summed E-state index contributed by atoms with van der Waals surface area (Å²) in [5, 5.41) is 10.0. The fourth-order valence-electron chi connectivity index (χ4n) is 3.46. The number of nitrogens with one attached hydrogen (secondary N) is 2. The lowest BCUT2D eigenvalue weighted by Gasteiger charge is -2.19. The molecule has 0 unspecified atom stereocenters. The van der Waals surface area contributed by atoms with E-state index >= 15 is 0 Å². The lowest BCUT2D eigenvalue weighted by molar-refractivity contribution is 0.0945. The lowest BCUT2D eigenvalue weighted by Crippen LogP contribution is -2.24. The third-order valence-corrected chi connectivity index (χ3v) is 5.91. The Morgan fingerprint density at radius 2 is 1.78 bits per heavy atom. The molecule has 1 aliphatic rings. The van der Waals surface area contributed by atoms with E-state index < -0.39 is 0 Å². The van der Waals surface area contributed by atoms with Crippen LogP contribution < -0.4 is 5.32 Å². The maximum absolute atomic E-state index is 12.4. The SMILES string of the molecule is CC(C)c1[nH]nc(C(=O)NCc2ccc(CN3CCCCCC3)cc2)c1Br. The third kappa shape index (κ3) is 5.42. The van der Waals surface area contributed by atoms with Crippen LogP contribution in [0.2, 0.25) is 0 Å². The summed E-state index contributed by atoms with van der Waals surface area (Å²) in [6.07, 6.45) is 5.34. The van der Waals surface area contributed by atoms with Crippen LogP contribution in [0.25, 0.3) is 0 Å². The summed E-state index contributed by atoms with van der Waals surface area (Å²) in [6, 6.07) is 8.56. The summed E-state index contributed by atoms with van der Waals surface area (Å²) in [6.45, 7) is 8.05. The first-order valence-electron chi connectivity index (χ1n) is 9.86. The van der Waals surface area contributed by atoms with E-state index in [0.717, 1.165) is 22.3 Å². The Morgan fingerprint density at radius 1 is 1.15 bits per heavy atom. The van der Waals surface area contributed by atoms with Gasteiger partial charge in [-0.3, -0.25) is 14.8 Å². The van der Waals surface area contributed by atoms with Gasteiger partial charge in [0.2, 0.25) is 0 Å². The van der Waals surface area contributed by atoms with Gasteiger partial charge in [-0.05, 0) is 58.9 Å². The van der Waals surface area contributed by atoms with Crippen LogP contribution in [0.3, 0.4) is 0 Å². The molecular weight excluding hydrogens is 404 g/mol. The van der Waals surface area contributed by atoms with Crippen molar-refractivity contribution in [1.82, 2.24) is 20.4 Å². The Bertz CT molecular complexity index is 746. The van der Waals surface area contributed by atoms with Crippen molar-refractivity contribution in [1.29, 1.82) is 0 Å². The van der Waals surface area contributed by atoms with Gasteiger partial charge in [0.15, 0.2) is 5.69 Å². The smallest absolute Gasteiger partial charge is 0.273 e. The second-order valence-electron chi connectivity index (χ2n) is 7.64. The van der Waals surface area contributed by atoms with Crippen LogP contribution in [-0.2, 0) is 13.1 Å². The van der Waals surface area contributed by atoms with Gasteiger partial charge in [-0.25, -0.2) is 0 Å². The topological polar surface area (TPSA) is 61.0 Å². The van der Waals surface area contributed by atoms with Crippen molar-refractivity contribution in [2.75, 3.05) is 13.1 Å². The third-order valence-electron chi connectivity index (χ3n) is 5.11. The number of aromatic amines is 1. The number of benzene rings is 1. The molecule has 1 saturated heterocycles. The predicted molar refractivity (Wildman–Crippen MR) is 112 cm³/mol. The quantitative estimate of drug-likeness (QED) is 0.700. The number of halogens is 1.